The van der Waals surface area contributed by atoms with Gasteiger partial charge in [0.25, 0.3) is 5.69 Å². The summed E-state index contributed by atoms with van der Waals surface area (Å²) in [4.78, 5) is 32.5. The summed E-state index contributed by atoms with van der Waals surface area (Å²) >= 11 is 0. The average molecular weight is 297 g/mol. The number of rotatable bonds is 2. The van der Waals surface area contributed by atoms with E-state index < -0.39 is 22.7 Å². The molecule has 0 atom stereocenters. The van der Waals surface area contributed by atoms with Crippen molar-refractivity contribution in [1.29, 1.82) is 0 Å². The van der Waals surface area contributed by atoms with E-state index in [1.165, 1.54) is 24.3 Å². The third-order valence-electron chi connectivity index (χ3n) is 1.92. The zero-order chi connectivity index (χ0) is 16.0. The zero-order valence-electron chi connectivity index (χ0n) is 11.7. The first-order chi connectivity index (χ1) is 9.67. The van der Waals surface area contributed by atoms with E-state index in [1.54, 1.807) is 20.8 Å². The molecule has 1 aromatic carbocycles. The fraction of sp³-hybridized carbons (Fsp3) is 0.333. The van der Waals surface area contributed by atoms with Crippen molar-refractivity contribution in [2.75, 3.05) is 0 Å². The van der Waals surface area contributed by atoms with Gasteiger partial charge in [-0.15, -0.1) is 0 Å². The molecule has 0 aliphatic carbocycles. The fourth-order valence-electron chi connectivity index (χ4n) is 1.17. The number of hydrogen-bond donors (Lipinski definition) is 2. The Morgan fingerprint density at radius 3 is 2.10 bits per heavy atom. The Hall–Kier alpha value is -2.84. The Balaban J connectivity index is 2.43. The highest BCUT2D eigenvalue weighted by atomic mass is 16.6. The number of carbonyl (C=O) groups is 2. The summed E-state index contributed by atoms with van der Waals surface area (Å²) in [7, 11) is 0. The first-order valence-electron chi connectivity index (χ1n) is 5.88. The number of nitro groups is 1. The minimum Gasteiger partial charge on any atom is -0.443 e. The molecule has 0 unspecified atom stereocenters. The number of nitro benzene ring substituents is 1. The topological polar surface area (TPSA) is 120 Å². The van der Waals surface area contributed by atoms with Crippen molar-refractivity contribution in [3.8, 4) is 5.75 Å². The molecular formula is C12H15N3O6. The van der Waals surface area contributed by atoms with Crippen LogP contribution in [0.1, 0.15) is 20.8 Å². The van der Waals surface area contributed by atoms with Gasteiger partial charge in [-0.1, -0.05) is 0 Å². The lowest BCUT2D eigenvalue weighted by Gasteiger charge is -2.19. The van der Waals surface area contributed by atoms with E-state index in [2.05, 4.69) is 0 Å². The first-order valence-corrected chi connectivity index (χ1v) is 5.88. The molecule has 21 heavy (non-hydrogen) atoms. The Kier molecular flexibility index (Phi) is 5.06. The number of nitrogens with zero attached hydrogens (tertiary/aromatic N) is 1. The smallest absolute Gasteiger partial charge is 0.431 e. The second-order valence-electron chi connectivity index (χ2n) is 4.89. The molecule has 0 heterocycles. The molecule has 114 valence electrons. The maximum absolute atomic E-state index is 11.4. The quantitative estimate of drug-likeness (QED) is 0.637. The summed E-state index contributed by atoms with van der Waals surface area (Å²) in [5.74, 6) is 0.0871. The average Bonchev–Trinajstić information content (AvgIpc) is 2.35. The molecule has 0 aromatic heterocycles. The highest BCUT2D eigenvalue weighted by Gasteiger charge is 2.16. The molecule has 0 spiro atoms. The molecule has 9 nitrogen and oxygen atoms in total. The molecule has 1 aromatic rings. The predicted molar refractivity (Wildman–Crippen MR) is 71.6 cm³/mol. The van der Waals surface area contributed by atoms with E-state index in [-0.39, 0.29) is 11.4 Å². The van der Waals surface area contributed by atoms with Gasteiger partial charge in [0.1, 0.15) is 11.4 Å². The maximum atomic E-state index is 11.4. The monoisotopic (exact) mass is 297 g/mol. The van der Waals surface area contributed by atoms with Crippen molar-refractivity contribution in [2.24, 2.45) is 0 Å². The molecule has 1 rings (SSSR count). The van der Waals surface area contributed by atoms with E-state index in [0.717, 1.165) is 0 Å². The van der Waals surface area contributed by atoms with Crippen molar-refractivity contribution >= 4 is 17.9 Å². The number of non-ortho nitro benzene ring substituents is 1. The zero-order valence-corrected chi connectivity index (χ0v) is 11.7. The minimum absolute atomic E-state index is 0.0871. The van der Waals surface area contributed by atoms with Gasteiger partial charge >= 0.3 is 12.2 Å². The summed E-state index contributed by atoms with van der Waals surface area (Å²) in [5.41, 5.74) is 3.14. The van der Waals surface area contributed by atoms with Gasteiger partial charge in [0.15, 0.2) is 0 Å². The van der Waals surface area contributed by atoms with Gasteiger partial charge in [0.2, 0.25) is 0 Å². The van der Waals surface area contributed by atoms with Gasteiger partial charge in [-0.3, -0.25) is 10.1 Å². The number of ether oxygens (including phenoxy) is 2. The number of nitrogens with one attached hydrogen (secondary N) is 2. The Morgan fingerprint density at radius 2 is 1.62 bits per heavy atom. The van der Waals surface area contributed by atoms with Gasteiger partial charge in [0.05, 0.1) is 4.92 Å². The van der Waals surface area contributed by atoms with Crippen molar-refractivity contribution in [2.45, 2.75) is 26.4 Å². The van der Waals surface area contributed by atoms with Crippen LogP contribution in [0.2, 0.25) is 0 Å². The summed E-state index contributed by atoms with van der Waals surface area (Å²) < 4.78 is 9.67. The number of hydrazine groups is 1. The molecule has 0 aliphatic heterocycles. The molecule has 0 saturated heterocycles. The highest BCUT2D eigenvalue weighted by molar-refractivity contribution is 5.75. The van der Waals surface area contributed by atoms with Crippen LogP contribution in [0.4, 0.5) is 15.3 Å². The molecule has 2 N–H and O–H groups in total. The van der Waals surface area contributed by atoms with Crippen LogP contribution < -0.4 is 15.6 Å². The number of amides is 2. The summed E-state index contributed by atoms with van der Waals surface area (Å²) in [6, 6.07) is 4.88. The van der Waals surface area contributed by atoms with Crippen LogP contribution in [0.5, 0.6) is 5.75 Å². The van der Waals surface area contributed by atoms with Crippen LogP contribution in [0.15, 0.2) is 24.3 Å². The van der Waals surface area contributed by atoms with Gasteiger partial charge in [-0.05, 0) is 32.9 Å². The fourth-order valence-corrected chi connectivity index (χ4v) is 1.17. The molecule has 0 bridgehead atoms. The highest BCUT2D eigenvalue weighted by Crippen LogP contribution is 2.17. The van der Waals surface area contributed by atoms with Crippen molar-refractivity contribution in [3.63, 3.8) is 0 Å². The normalized spacial score (nSPS) is 10.4. The molecule has 9 heteroatoms. The van der Waals surface area contributed by atoms with Gasteiger partial charge < -0.3 is 9.47 Å². The molecule has 0 fully saturated rings. The van der Waals surface area contributed by atoms with Crippen molar-refractivity contribution < 1.29 is 24.0 Å². The van der Waals surface area contributed by atoms with Crippen molar-refractivity contribution in [1.82, 2.24) is 10.9 Å². The second kappa shape index (κ2) is 6.55. The number of carbonyl (C=O) groups excluding carboxylic acids is 2. The predicted octanol–water partition coefficient (Wildman–Crippen LogP) is 2.12. The minimum atomic E-state index is -0.963. The lowest BCUT2D eigenvalue weighted by Crippen LogP contribution is -2.45. The summed E-state index contributed by atoms with van der Waals surface area (Å²) in [6.45, 7) is 5.01. The standard InChI is InChI=1S/C12H15N3O6/c1-12(2,3)21-11(17)14-13-10(16)20-9-6-4-8(5-7-9)15(18)19/h4-7H,1-3H3,(H,13,16)(H,14,17). The van der Waals surface area contributed by atoms with Crippen LogP contribution in [-0.2, 0) is 4.74 Å². The largest absolute Gasteiger partial charge is 0.443 e. The van der Waals surface area contributed by atoms with Crippen LogP contribution in [0.25, 0.3) is 0 Å². The van der Waals surface area contributed by atoms with Crippen LogP contribution in [-0.4, -0.2) is 22.7 Å². The summed E-state index contributed by atoms with van der Waals surface area (Å²) in [5, 5.41) is 10.4. The summed E-state index contributed by atoms with van der Waals surface area (Å²) in [6.07, 6.45) is -1.81. The van der Waals surface area contributed by atoms with Crippen LogP contribution in [0.3, 0.4) is 0 Å². The number of benzene rings is 1. The Bertz CT molecular complexity index is 535. The molecule has 0 saturated carbocycles. The lowest BCUT2D eigenvalue weighted by atomic mass is 10.2. The van der Waals surface area contributed by atoms with Gasteiger partial charge in [-0.2, -0.15) is 0 Å². The molecule has 0 aliphatic rings. The molecule has 2 amide bonds. The van der Waals surface area contributed by atoms with E-state index in [1.807, 2.05) is 10.9 Å². The van der Waals surface area contributed by atoms with Gasteiger partial charge in [0, 0.05) is 12.1 Å². The SMILES string of the molecule is CC(C)(C)OC(=O)NNC(=O)Oc1ccc([N+](=O)[O-])cc1. The molecular weight excluding hydrogens is 282 g/mol. The number of hydrogen-bond acceptors (Lipinski definition) is 6. The third kappa shape index (κ3) is 6.23. The van der Waals surface area contributed by atoms with Crippen molar-refractivity contribution in [3.05, 3.63) is 34.4 Å². The van der Waals surface area contributed by atoms with E-state index >= 15 is 0 Å². The van der Waals surface area contributed by atoms with E-state index in [9.17, 15) is 19.7 Å². The lowest BCUT2D eigenvalue weighted by molar-refractivity contribution is -0.384. The third-order valence-corrected chi connectivity index (χ3v) is 1.92. The van der Waals surface area contributed by atoms with E-state index in [4.69, 9.17) is 9.47 Å². The van der Waals surface area contributed by atoms with E-state index in [0.29, 0.717) is 0 Å². The van der Waals surface area contributed by atoms with Gasteiger partial charge in [-0.25, -0.2) is 20.4 Å². The second-order valence-corrected chi connectivity index (χ2v) is 4.89. The Labute approximate surface area is 120 Å². The van der Waals surface area contributed by atoms with Crippen LogP contribution >= 0.6 is 0 Å². The Morgan fingerprint density at radius 1 is 1.10 bits per heavy atom. The van der Waals surface area contributed by atoms with Crippen LogP contribution in [0, 0.1) is 10.1 Å². The molecule has 0 radical (unpaired) electrons. The first kappa shape index (κ1) is 16.2. The maximum Gasteiger partial charge on any atom is 0.431 e.